The summed E-state index contributed by atoms with van der Waals surface area (Å²) < 4.78 is 6.15. The third-order valence-corrected chi connectivity index (χ3v) is 4.26. The van der Waals surface area contributed by atoms with Crippen LogP contribution in [-0.4, -0.2) is 37.4 Å². The van der Waals surface area contributed by atoms with E-state index in [1.807, 2.05) is 25.1 Å². The van der Waals surface area contributed by atoms with Gasteiger partial charge in [0.2, 0.25) is 0 Å². The molecule has 1 aromatic heterocycles. The minimum absolute atomic E-state index is 0.0180. The van der Waals surface area contributed by atoms with Crippen molar-refractivity contribution in [3.05, 3.63) is 28.6 Å². The number of fused-ring (bicyclic) bond motifs is 1. The van der Waals surface area contributed by atoms with Crippen LogP contribution in [0.3, 0.4) is 0 Å². The van der Waals surface area contributed by atoms with E-state index in [2.05, 4.69) is 5.32 Å². The minimum Gasteiger partial charge on any atom is -0.397 e. The summed E-state index contributed by atoms with van der Waals surface area (Å²) in [7, 11) is 0. The van der Waals surface area contributed by atoms with E-state index < -0.39 is 0 Å². The Balaban J connectivity index is 1.95. The molecule has 114 valence electrons. The van der Waals surface area contributed by atoms with Crippen molar-refractivity contribution < 1.29 is 14.6 Å². The summed E-state index contributed by atoms with van der Waals surface area (Å²) in [6, 6.07) is 6.00. The Morgan fingerprint density at radius 3 is 3.00 bits per heavy atom. The average Bonchev–Trinajstić information content (AvgIpc) is 2.79. The molecule has 0 aliphatic heterocycles. The molecular weight excluding hydrogens is 288 g/mol. The number of benzene rings is 1. The Morgan fingerprint density at radius 2 is 2.24 bits per heavy atom. The molecule has 0 saturated heterocycles. The van der Waals surface area contributed by atoms with Gasteiger partial charge in [-0.1, -0.05) is 11.6 Å². The molecule has 6 heteroatoms. The number of carbonyl (C=O) groups is 1. The van der Waals surface area contributed by atoms with Crippen LogP contribution in [0.15, 0.2) is 18.2 Å². The first-order chi connectivity index (χ1) is 10.1. The van der Waals surface area contributed by atoms with Gasteiger partial charge in [0.25, 0.3) is 5.91 Å². The Hall–Kier alpha value is -1.63. The lowest BCUT2D eigenvalue weighted by atomic mass is 10.1. The topological polar surface area (TPSA) is 84.6 Å². The van der Waals surface area contributed by atoms with Gasteiger partial charge in [-0.25, -0.2) is 0 Å². The number of nitrogen functional groups attached to an aromatic ring is 1. The number of nitrogens with one attached hydrogen (secondary N) is 1. The van der Waals surface area contributed by atoms with Gasteiger partial charge >= 0.3 is 0 Å². The fraction of sp³-hybridized carbons (Fsp3) is 0.400. The van der Waals surface area contributed by atoms with Gasteiger partial charge in [0.1, 0.15) is 4.88 Å². The number of aryl methyl sites for hydroxylation is 1. The highest BCUT2D eigenvalue weighted by molar-refractivity contribution is 7.21. The molecule has 21 heavy (non-hydrogen) atoms. The molecular formula is C15H20N2O3S. The van der Waals surface area contributed by atoms with E-state index in [-0.39, 0.29) is 12.5 Å². The summed E-state index contributed by atoms with van der Waals surface area (Å²) >= 11 is 1.41. The molecule has 0 fully saturated rings. The van der Waals surface area contributed by atoms with Crippen LogP contribution in [-0.2, 0) is 4.74 Å². The lowest BCUT2D eigenvalue weighted by Gasteiger charge is -2.05. The molecule has 1 amide bonds. The lowest BCUT2D eigenvalue weighted by molar-refractivity contribution is 0.0869. The molecule has 0 bridgehead atoms. The highest BCUT2D eigenvalue weighted by Gasteiger charge is 2.15. The fourth-order valence-electron chi connectivity index (χ4n) is 2.02. The van der Waals surface area contributed by atoms with Crippen molar-refractivity contribution in [1.29, 1.82) is 0 Å². The average molecular weight is 308 g/mol. The summed E-state index contributed by atoms with van der Waals surface area (Å²) in [5.74, 6) is -0.145. The maximum atomic E-state index is 12.1. The molecule has 4 N–H and O–H groups in total. The SMILES string of the molecule is Cc1ccc2sc(C(=O)NCCCOCCO)c(N)c2c1. The molecule has 0 unspecified atom stereocenters. The smallest absolute Gasteiger partial charge is 0.263 e. The number of rotatable bonds is 7. The summed E-state index contributed by atoms with van der Waals surface area (Å²) in [5.41, 5.74) is 7.75. The molecule has 2 rings (SSSR count). The Morgan fingerprint density at radius 1 is 1.43 bits per heavy atom. The highest BCUT2D eigenvalue weighted by atomic mass is 32.1. The maximum Gasteiger partial charge on any atom is 0.263 e. The van der Waals surface area contributed by atoms with Crippen LogP contribution in [0.1, 0.15) is 21.7 Å². The minimum atomic E-state index is -0.145. The number of aliphatic hydroxyl groups excluding tert-OH is 1. The van der Waals surface area contributed by atoms with E-state index in [1.54, 1.807) is 0 Å². The van der Waals surface area contributed by atoms with Crippen molar-refractivity contribution in [2.45, 2.75) is 13.3 Å². The van der Waals surface area contributed by atoms with E-state index in [0.29, 0.717) is 36.7 Å². The van der Waals surface area contributed by atoms with Gasteiger partial charge in [-0.2, -0.15) is 0 Å². The standard InChI is InChI=1S/C15H20N2O3S/c1-10-3-4-12-11(9-10)13(16)14(21-12)15(19)17-5-2-7-20-8-6-18/h3-4,9,18H,2,5-8,16H2,1H3,(H,17,19). The third kappa shape index (κ3) is 3.93. The molecule has 0 spiro atoms. The zero-order valence-electron chi connectivity index (χ0n) is 12.0. The molecule has 1 heterocycles. The second-order valence-corrected chi connectivity index (χ2v) is 5.84. The van der Waals surface area contributed by atoms with Gasteiger partial charge in [-0.05, 0) is 25.5 Å². The molecule has 1 aromatic carbocycles. The van der Waals surface area contributed by atoms with Gasteiger partial charge in [0.15, 0.2) is 0 Å². The zero-order valence-corrected chi connectivity index (χ0v) is 12.8. The van der Waals surface area contributed by atoms with Crippen molar-refractivity contribution >= 4 is 33.0 Å². The van der Waals surface area contributed by atoms with Crippen LogP contribution in [0.4, 0.5) is 5.69 Å². The number of amides is 1. The molecule has 0 aliphatic carbocycles. The van der Waals surface area contributed by atoms with Crippen LogP contribution in [0.5, 0.6) is 0 Å². The van der Waals surface area contributed by atoms with Gasteiger partial charge in [-0.3, -0.25) is 4.79 Å². The first-order valence-electron chi connectivity index (χ1n) is 6.89. The number of hydrogen-bond acceptors (Lipinski definition) is 5. The van der Waals surface area contributed by atoms with Crippen LogP contribution in [0, 0.1) is 6.92 Å². The number of ether oxygens (including phenoxy) is 1. The van der Waals surface area contributed by atoms with E-state index in [0.717, 1.165) is 15.6 Å². The van der Waals surface area contributed by atoms with Crippen LogP contribution >= 0.6 is 11.3 Å². The van der Waals surface area contributed by atoms with E-state index in [9.17, 15) is 4.79 Å². The van der Waals surface area contributed by atoms with Gasteiger partial charge in [-0.15, -0.1) is 11.3 Å². The molecule has 0 atom stereocenters. The van der Waals surface area contributed by atoms with Crippen LogP contribution < -0.4 is 11.1 Å². The largest absolute Gasteiger partial charge is 0.397 e. The van der Waals surface area contributed by atoms with Crippen LogP contribution in [0.2, 0.25) is 0 Å². The number of hydrogen-bond donors (Lipinski definition) is 3. The van der Waals surface area contributed by atoms with Crippen LogP contribution in [0.25, 0.3) is 10.1 Å². The molecule has 2 aromatic rings. The third-order valence-electron chi connectivity index (χ3n) is 3.07. The maximum absolute atomic E-state index is 12.1. The summed E-state index contributed by atoms with van der Waals surface area (Å²) in [6.07, 6.45) is 0.704. The van der Waals surface area contributed by atoms with Crippen molar-refractivity contribution in [1.82, 2.24) is 5.32 Å². The number of nitrogens with two attached hydrogens (primary N) is 1. The van der Waals surface area contributed by atoms with E-state index in [4.69, 9.17) is 15.6 Å². The highest BCUT2D eigenvalue weighted by Crippen LogP contribution is 2.34. The quantitative estimate of drug-likeness (QED) is 0.682. The number of aliphatic hydroxyl groups is 1. The van der Waals surface area contributed by atoms with Crippen molar-refractivity contribution in [3.8, 4) is 0 Å². The second kappa shape index (κ2) is 7.40. The summed E-state index contributed by atoms with van der Waals surface area (Å²) in [4.78, 5) is 12.7. The fourth-order valence-corrected chi connectivity index (χ4v) is 3.04. The van der Waals surface area contributed by atoms with Gasteiger partial charge < -0.3 is 20.9 Å². The predicted molar refractivity (Wildman–Crippen MR) is 85.8 cm³/mol. The number of anilines is 1. The van der Waals surface area contributed by atoms with Crippen molar-refractivity contribution in [2.75, 3.05) is 32.1 Å². The second-order valence-electron chi connectivity index (χ2n) is 4.79. The Labute approximate surface area is 127 Å². The zero-order chi connectivity index (χ0) is 15.2. The molecule has 0 radical (unpaired) electrons. The van der Waals surface area contributed by atoms with Crippen molar-refractivity contribution in [3.63, 3.8) is 0 Å². The monoisotopic (exact) mass is 308 g/mol. The van der Waals surface area contributed by atoms with Gasteiger partial charge in [0.05, 0.1) is 18.9 Å². The van der Waals surface area contributed by atoms with E-state index in [1.165, 1.54) is 11.3 Å². The Kier molecular flexibility index (Phi) is 5.55. The van der Waals surface area contributed by atoms with Gasteiger partial charge in [0, 0.05) is 23.2 Å². The normalized spacial score (nSPS) is 11.0. The molecule has 0 saturated carbocycles. The first-order valence-corrected chi connectivity index (χ1v) is 7.70. The number of thiophene rings is 1. The Bertz CT molecular complexity index is 625. The summed E-state index contributed by atoms with van der Waals surface area (Å²) in [5, 5.41) is 12.4. The lowest BCUT2D eigenvalue weighted by Crippen LogP contribution is -2.25. The first kappa shape index (κ1) is 15.8. The molecule has 0 aliphatic rings. The van der Waals surface area contributed by atoms with E-state index >= 15 is 0 Å². The number of carbonyl (C=O) groups excluding carboxylic acids is 1. The molecule has 5 nitrogen and oxygen atoms in total. The van der Waals surface area contributed by atoms with Crippen molar-refractivity contribution in [2.24, 2.45) is 0 Å². The summed E-state index contributed by atoms with van der Waals surface area (Å²) in [6.45, 7) is 3.39. The predicted octanol–water partition coefficient (Wildman–Crippen LogP) is 1.92.